The van der Waals surface area contributed by atoms with Crippen molar-refractivity contribution in [2.75, 3.05) is 13.1 Å². The van der Waals surface area contributed by atoms with Crippen LogP contribution in [0.25, 0.3) is 0 Å². The fourth-order valence-corrected chi connectivity index (χ4v) is 1.60. The third-order valence-corrected chi connectivity index (χ3v) is 2.35. The van der Waals surface area contributed by atoms with Crippen molar-refractivity contribution in [2.45, 2.75) is 26.3 Å². The molecular formula is C9H14N4O2. The van der Waals surface area contributed by atoms with E-state index in [9.17, 15) is 4.79 Å². The molecular weight excluding hydrogens is 196 g/mol. The summed E-state index contributed by atoms with van der Waals surface area (Å²) in [6.45, 7) is 3.73. The maximum absolute atomic E-state index is 11.6. The molecule has 0 bridgehead atoms. The normalized spacial score (nSPS) is 15.7. The summed E-state index contributed by atoms with van der Waals surface area (Å²) in [6, 6.07) is -0.0525. The number of nitrogens with zero attached hydrogens (tertiary/aromatic N) is 3. The Morgan fingerprint density at radius 2 is 2.27 bits per heavy atom. The number of hydrogen-bond acceptors (Lipinski definition) is 4. The van der Waals surface area contributed by atoms with E-state index in [-0.39, 0.29) is 6.03 Å². The van der Waals surface area contributed by atoms with Crippen LogP contribution in [0.1, 0.15) is 24.6 Å². The van der Waals surface area contributed by atoms with Crippen LogP contribution >= 0.6 is 0 Å². The topological polar surface area (TPSA) is 71.3 Å². The first kappa shape index (κ1) is 9.95. The van der Waals surface area contributed by atoms with Crippen molar-refractivity contribution in [3.8, 4) is 0 Å². The third kappa shape index (κ3) is 2.45. The van der Waals surface area contributed by atoms with Gasteiger partial charge in [0.25, 0.3) is 0 Å². The van der Waals surface area contributed by atoms with Gasteiger partial charge in [-0.15, -0.1) is 0 Å². The van der Waals surface area contributed by atoms with Gasteiger partial charge in [-0.05, 0) is 19.8 Å². The number of carbonyl (C=O) groups is 1. The van der Waals surface area contributed by atoms with E-state index in [0.717, 1.165) is 25.9 Å². The van der Waals surface area contributed by atoms with Crippen molar-refractivity contribution in [3.05, 3.63) is 11.7 Å². The zero-order chi connectivity index (χ0) is 10.7. The number of amides is 2. The summed E-state index contributed by atoms with van der Waals surface area (Å²) in [6.07, 6.45) is 2.18. The first-order valence-corrected chi connectivity index (χ1v) is 5.07. The second-order valence-electron chi connectivity index (χ2n) is 3.59. The standard InChI is InChI=1S/C9H14N4O2/c1-7-11-8(15-12-7)6-10-9(14)13-4-2-3-5-13/h2-6H2,1H3,(H,10,14). The number of carbonyl (C=O) groups excluding carboxylic acids is 1. The first-order valence-electron chi connectivity index (χ1n) is 5.07. The van der Waals surface area contributed by atoms with Crippen LogP contribution < -0.4 is 5.32 Å². The molecule has 1 fully saturated rings. The molecule has 0 radical (unpaired) electrons. The summed E-state index contributed by atoms with van der Waals surface area (Å²) in [7, 11) is 0. The van der Waals surface area contributed by atoms with E-state index < -0.39 is 0 Å². The van der Waals surface area contributed by atoms with E-state index in [1.165, 1.54) is 0 Å². The molecule has 0 atom stereocenters. The Morgan fingerprint density at radius 1 is 1.53 bits per heavy atom. The third-order valence-electron chi connectivity index (χ3n) is 2.35. The SMILES string of the molecule is Cc1noc(CNC(=O)N2CCCC2)n1. The smallest absolute Gasteiger partial charge is 0.317 e. The summed E-state index contributed by atoms with van der Waals surface area (Å²) >= 11 is 0. The van der Waals surface area contributed by atoms with Crippen LogP contribution in [-0.4, -0.2) is 34.2 Å². The lowest BCUT2D eigenvalue weighted by atomic mass is 10.4. The quantitative estimate of drug-likeness (QED) is 0.779. The number of aryl methyl sites for hydroxylation is 1. The highest BCUT2D eigenvalue weighted by atomic mass is 16.5. The van der Waals surface area contributed by atoms with Gasteiger partial charge in [0.05, 0.1) is 6.54 Å². The Morgan fingerprint density at radius 3 is 2.87 bits per heavy atom. The van der Waals surface area contributed by atoms with Gasteiger partial charge in [-0.25, -0.2) is 4.79 Å². The molecule has 1 N–H and O–H groups in total. The van der Waals surface area contributed by atoms with Gasteiger partial charge in [0, 0.05) is 13.1 Å². The van der Waals surface area contributed by atoms with Crippen LogP contribution in [0, 0.1) is 6.92 Å². The van der Waals surface area contributed by atoms with E-state index in [1.807, 2.05) is 0 Å². The molecule has 0 spiro atoms. The second kappa shape index (κ2) is 4.29. The minimum atomic E-state index is -0.0525. The number of rotatable bonds is 2. The molecule has 6 nitrogen and oxygen atoms in total. The van der Waals surface area contributed by atoms with Crippen LogP contribution in [0.2, 0.25) is 0 Å². The summed E-state index contributed by atoms with van der Waals surface area (Å²) in [4.78, 5) is 17.3. The van der Waals surface area contributed by atoms with Crippen molar-refractivity contribution in [1.82, 2.24) is 20.4 Å². The summed E-state index contributed by atoms with van der Waals surface area (Å²) in [5.41, 5.74) is 0. The molecule has 1 aliphatic rings. The van der Waals surface area contributed by atoms with Crippen molar-refractivity contribution in [2.24, 2.45) is 0 Å². The number of likely N-dealkylation sites (tertiary alicyclic amines) is 1. The van der Waals surface area contributed by atoms with Gasteiger partial charge < -0.3 is 14.7 Å². The lowest BCUT2D eigenvalue weighted by Crippen LogP contribution is -2.37. The summed E-state index contributed by atoms with van der Waals surface area (Å²) in [5.74, 6) is 1.03. The highest BCUT2D eigenvalue weighted by Gasteiger charge is 2.17. The van der Waals surface area contributed by atoms with Crippen molar-refractivity contribution in [3.63, 3.8) is 0 Å². The molecule has 0 aliphatic carbocycles. The van der Waals surface area contributed by atoms with Gasteiger partial charge in [-0.1, -0.05) is 5.16 Å². The van der Waals surface area contributed by atoms with Crippen LogP contribution in [0.5, 0.6) is 0 Å². The lowest BCUT2D eigenvalue weighted by molar-refractivity contribution is 0.206. The Kier molecular flexibility index (Phi) is 2.84. The Bertz CT molecular complexity index is 344. The van der Waals surface area contributed by atoms with Crippen molar-refractivity contribution >= 4 is 6.03 Å². The fraction of sp³-hybridized carbons (Fsp3) is 0.667. The van der Waals surface area contributed by atoms with Gasteiger partial charge in [0.15, 0.2) is 5.82 Å². The summed E-state index contributed by atoms with van der Waals surface area (Å²) in [5, 5.41) is 6.39. The fourth-order valence-electron chi connectivity index (χ4n) is 1.60. The van der Waals surface area contributed by atoms with Crippen LogP contribution in [0.3, 0.4) is 0 Å². The van der Waals surface area contributed by atoms with Gasteiger partial charge in [0.1, 0.15) is 0 Å². The molecule has 82 valence electrons. The first-order chi connectivity index (χ1) is 7.25. The number of hydrogen-bond donors (Lipinski definition) is 1. The number of aromatic nitrogens is 2. The Labute approximate surface area is 87.6 Å². The van der Waals surface area contributed by atoms with Crippen LogP contribution in [0.15, 0.2) is 4.52 Å². The highest BCUT2D eigenvalue weighted by molar-refractivity contribution is 5.74. The number of nitrogens with one attached hydrogen (secondary N) is 1. The predicted octanol–water partition coefficient (Wildman–Crippen LogP) is 0.683. The molecule has 1 aliphatic heterocycles. The molecule has 6 heteroatoms. The average Bonchev–Trinajstić information content (AvgIpc) is 2.84. The minimum Gasteiger partial charge on any atom is -0.337 e. The Hall–Kier alpha value is -1.59. The average molecular weight is 210 g/mol. The van der Waals surface area contributed by atoms with Gasteiger partial charge in [-0.3, -0.25) is 0 Å². The molecule has 0 unspecified atom stereocenters. The van der Waals surface area contributed by atoms with Gasteiger partial charge >= 0.3 is 6.03 Å². The van der Waals surface area contributed by atoms with Crippen LogP contribution in [-0.2, 0) is 6.54 Å². The minimum absolute atomic E-state index is 0.0525. The molecule has 0 aromatic carbocycles. The molecule has 1 aromatic rings. The molecule has 0 saturated carbocycles. The molecule has 2 rings (SSSR count). The van der Waals surface area contributed by atoms with Gasteiger partial charge in [0.2, 0.25) is 5.89 Å². The van der Waals surface area contributed by atoms with E-state index in [4.69, 9.17) is 4.52 Å². The maximum Gasteiger partial charge on any atom is 0.317 e. The van der Waals surface area contributed by atoms with E-state index in [2.05, 4.69) is 15.5 Å². The van der Waals surface area contributed by atoms with Gasteiger partial charge in [-0.2, -0.15) is 4.98 Å². The number of urea groups is 1. The maximum atomic E-state index is 11.6. The van der Waals surface area contributed by atoms with Crippen molar-refractivity contribution < 1.29 is 9.32 Å². The summed E-state index contributed by atoms with van der Waals surface area (Å²) < 4.78 is 4.88. The molecule has 2 amide bonds. The largest absolute Gasteiger partial charge is 0.337 e. The zero-order valence-electron chi connectivity index (χ0n) is 8.69. The highest BCUT2D eigenvalue weighted by Crippen LogP contribution is 2.07. The predicted molar refractivity (Wildman–Crippen MR) is 52.1 cm³/mol. The lowest BCUT2D eigenvalue weighted by Gasteiger charge is -2.14. The molecule has 1 saturated heterocycles. The zero-order valence-corrected chi connectivity index (χ0v) is 8.69. The Balaban J connectivity index is 1.80. The van der Waals surface area contributed by atoms with E-state index >= 15 is 0 Å². The molecule has 1 aromatic heterocycles. The molecule has 15 heavy (non-hydrogen) atoms. The van der Waals surface area contributed by atoms with E-state index in [0.29, 0.717) is 18.3 Å². The van der Waals surface area contributed by atoms with Crippen molar-refractivity contribution in [1.29, 1.82) is 0 Å². The van der Waals surface area contributed by atoms with Crippen LogP contribution in [0.4, 0.5) is 4.79 Å². The second-order valence-corrected chi connectivity index (χ2v) is 3.59. The monoisotopic (exact) mass is 210 g/mol. The molecule has 2 heterocycles. The van der Waals surface area contributed by atoms with E-state index in [1.54, 1.807) is 11.8 Å².